The van der Waals surface area contributed by atoms with Gasteiger partial charge in [-0.05, 0) is 18.6 Å². The second-order valence-corrected chi connectivity index (χ2v) is 4.80. The summed E-state index contributed by atoms with van der Waals surface area (Å²) >= 11 is 0. The third kappa shape index (κ3) is 1.94. The van der Waals surface area contributed by atoms with E-state index in [0.29, 0.717) is 6.54 Å². The van der Waals surface area contributed by atoms with Crippen LogP contribution in [0.1, 0.15) is 12.1 Å². The third-order valence-electron chi connectivity index (χ3n) is 3.65. The maximum atomic E-state index is 11.2. The summed E-state index contributed by atoms with van der Waals surface area (Å²) in [6.07, 6.45) is 2.62. The molecule has 0 radical (unpaired) electrons. The highest BCUT2D eigenvalue weighted by molar-refractivity contribution is 5.78. The van der Waals surface area contributed by atoms with E-state index in [9.17, 15) is 9.90 Å². The Kier molecular flexibility index (Phi) is 2.87. The van der Waals surface area contributed by atoms with Crippen LogP contribution in [-0.2, 0) is 11.4 Å². The number of hydrogen-bond acceptors (Lipinski definition) is 4. The van der Waals surface area contributed by atoms with Crippen molar-refractivity contribution in [3.63, 3.8) is 0 Å². The van der Waals surface area contributed by atoms with Crippen LogP contribution in [0.4, 0.5) is 5.82 Å². The van der Waals surface area contributed by atoms with E-state index in [1.54, 1.807) is 0 Å². The molecule has 1 unspecified atom stereocenters. The second kappa shape index (κ2) is 4.55. The van der Waals surface area contributed by atoms with Crippen LogP contribution in [0.2, 0.25) is 0 Å². The molecule has 1 aliphatic heterocycles. The Bertz CT molecular complexity index is 622. The molecule has 1 saturated heterocycles. The number of rotatable bonds is 3. The molecule has 3 heterocycles. The van der Waals surface area contributed by atoms with Crippen LogP contribution < -0.4 is 10.6 Å². The molecule has 100 valence electrons. The number of aliphatic hydroxyl groups is 1. The second-order valence-electron chi connectivity index (χ2n) is 4.80. The number of primary amides is 1. The van der Waals surface area contributed by atoms with Gasteiger partial charge in [-0.15, -0.1) is 0 Å². The third-order valence-corrected chi connectivity index (χ3v) is 3.65. The van der Waals surface area contributed by atoms with Crippen LogP contribution in [0.5, 0.6) is 0 Å². The fourth-order valence-corrected chi connectivity index (χ4v) is 2.62. The molecule has 1 aliphatic rings. The lowest BCUT2D eigenvalue weighted by atomic mass is 10.1. The first-order chi connectivity index (χ1) is 9.20. The van der Waals surface area contributed by atoms with Crippen molar-refractivity contribution in [2.24, 2.45) is 11.7 Å². The van der Waals surface area contributed by atoms with Crippen LogP contribution in [0.3, 0.4) is 0 Å². The molecule has 0 saturated carbocycles. The molecule has 3 N–H and O–H groups in total. The van der Waals surface area contributed by atoms with Gasteiger partial charge in [0.15, 0.2) is 5.82 Å². The quantitative estimate of drug-likeness (QED) is 0.822. The van der Waals surface area contributed by atoms with Gasteiger partial charge in [0.05, 0.1) is 18.2 Å². The number of nitrogens with zero attached hydrogens (tertiary/aromatic N) is 3. The summed E-state index contributed by atoms with van der Waals surface area (Å²) in [7, 11) is 0. The van der Waals surface area contributed by atoms with E-state index in [4.69, 9.17) is 5.73 Å². The minimum Gasteiger partial charge on any atom is -0.390 e. The normalized spacial score (nSPS) is 19.2. The molecule has 1 fully saturated rings. The number of imidazole rings is 1. The lowest BCUT2D eigenvalue weighted by Crippen LogP contribution is -2.27. The average Bonchev–Trinajstić information content (AvgIpc) is 3.02. The van der Waals surface area contributed by atoms with Gasteiger partial charge in [-0.25, -0.2) is 4.98 Å². The summed E-state index contributed by atoms with van der Waals surface area (Å²) in [6.45, 7) is 1.23. The molecule has 3 rings (SSSR count). The summed E-state index contributed by atoms with van der Waals surface area (Å²) in [6, 6.07) is 5.70. The molecule has 0 spiro atoms. The first-order valence-corrected chi connectivity index (χ1v) is 6.32. The molecule has 0 aromatic carbocycles. The molecule has 2 aromatic heterocycles. The topological polar surface area (TPSA) is 83.9 Å². The van der Waals surface area contributed by atoms with E-state index in [2.05, 4.69) is 4.98 Å². The van der Waals surface area contributed by atoms with E-state index in [1.165, 1.54) is 0 Å². The molecule has 6 nitrogen and oxygen atoms in total. The molecular formula is C13H16N4O2. The predicted octanol–water partition coefficient (Wildman–Crippen LogP) is 0.138. The predicted molar refractivity (Wildman–Crippen MR) is 70.6 cm³/mol. The molecule has 1 atom stereocenters. The lowest BCUT2D eigenvalue weighted by Gasteiger charge is -2.16. The highest BCUT2D eigenvalue weighted by Crippen LogP contribution is 2.27. The fourth-order valence-electron chi connectivity index (χ4n) is 2.62. The van der Waals surface area contributed by atoms with Crippen molar-refractivity contribution in [3.05, 3.63) is 30.1 Å². The highest BCUT2D eigenvalue weighted by Gasteiger charge is 2.29. The summed E-state index contributed by atoms with van der Waals surface area (Å²) in [5.74, 6) is 0.352. The van der Waals surface area contributed by atoms with Gasteiger partial charge in [0.2, 0.25) is 5.91 Å². The van der Waals surface area contributed by atoms with Crippen LogP contribution >= 0.6 is 0 Å². The van der Waals surface area contributed by atoms with Crippen molar-refractivity contribution < 1.29 is 9.90 Å². The Morgan fingerprint density at radius 3 is 3.05 bits per heavy atom. The van der Waals surface area contributed by atoms with Gasteiger partial charge in [0.1, 0.15) is 5.65 Å². The Morgan fingerprint density at radius 2 is 2.37 bits per heavy atom. The van der Waals surface area contributed by atoms with E-state index in [-0.39, 0.29) is 18.4 Å². The van der Waals surface area contributed by atoms with Crippen molar-refractivity contribution in [2.75, 3.05) is 18.0 Å². The smallest absolute Gasteiger partial charge is 0.222 e. The number of aromatic nitrogens is 2. The number of amides is 1. The maximum absolute atomic E-state index is 11.2. The average molecular weight is 260 g/mol. The number of anilines is 1. The minimum absolute atomic E-state index is 0.0851. The zero-order valence-corrected chi connectivity index (χ0v) is 10.5. The molecule has 1 amide bonds. The van der Waals surface area contributed by atoms with Gasteiger partial charge in [0, 0.05) is 19.3 Å². The van der Waals surface area contributed by atoms with Gasteiger partial charge >= 0.3 is 0 Å². The standard InChI is InChI=1S/C13H16N4O2/c14-12(19)9-4-6-16(7-9)13-10(8-18)17-5-2-1-3-11(17)15-13/h1-3,5,9,18H,4,6-8H2,(H2,14,19). The number of aliphatic hydroxyl groups excluding tert-OH is 1. The van der Waals surface area contributed by atoms with E-state index < -0.39 is 0 Å². The summed E-state index contributed by atoms with van der Waals surface area (Å²) in [5.41, 5.74) is 6.89. The summed E-state index contributed by atoms with van der Waals surface area (Å²) in [5, 5.41) is 9.56. The van der Waals surface area contributed by atoms with Crippen LogP contribution in [0, 0.1) is 5.92 Å². The van der Waals surface area contributed by atoms with Crippen molar-refractivity contribution in [2.45, 2.75) is 13.0 Å². The molecule has 6 heteroatoms. The molecule has 0 bridgehead atoms. The Balaban J connectivity index is 1.99. The molecule has 2 aromatic rings. The van der Waals surface area contributed by atoms with E-state index >= 15 is 0 Å². The van der Waals surface area contributed by atoms with Crippen molar-refractivity contribution in [1.82, 2.24) is 9.38 Å². The Labute approximate surface area is 110 Å². The zero-order chi connectivity index (χ0) is 13.4. The highest BCUT2D eigenvalue weighted by atomic mass is 16.3. The number of carbonyl (C=O) groups is 1. The number of nitrogens with two attached hydrogens (primary N) is 1. The van der Waals surface area contributed by atoms with Gasteiger partial charge in [-0.2, -0.15) is 0 Å². The molecule has 0 aliphatic carbocycles. The number of hydrogen-bond donors (Lipinski definition) is 2. The SMILES string of the molecule is NC(=O)C1CCN(c2nc3ccccn3c2CO)C1. The minimum atomic E-state index is -0.267. The van der Waals surface area contributed by atoms with Crippen LogP contribution in [0.25, 0.3) is 5.65 Å². The van der Waals surface area contributed by atoms with Crippen molar-refractivity contribution in [3.8, 4) is 0 Å². The maximum Gasteiger partial charge on any atom is 0.222 e. The monoisotopic (exact) mass is 260 g/mol. The lowest BCUT2D eigenvalue weighted by molar-refractivity contribution is -0.121. The van der Waals surface area contributed by atoms with Crippen molar-refractivity contribution in [1.29, 1.82) is 0 Å². The van der Waals surface area contributed by atoms with Crippen molar-refractivity contribution >= 4 is 17.4 Å². The first-order valence-electron chi connectivity index (χ1n) is 6.32. The Hall–Kier alpha value is -2.08. The van der Waals surface area contributed by atoms with Gasteiger partial charge in [-0.1, -0.05) is 6.07 Å². The van der Waals surface area contributed by atoms with Gasteiger partial charge in [-0.3, -0.25) is 9.20 Å². The Morgan fingerprint density at radius 1 is 1.53 bits per heavy atom. The first kappa shape index (κ1) is 12.0. The fraction of sp³-hybridized carbons (Fsp3) is 0.385. The van der Waals surface area contributed by atoms with Crippen LogP contribution in [0.15, 0.2) is 24.4 Å². The van der Waals surface area contributed by atoms with Crippen LogP contribution in [-0.4, -0.2) is 33.5 Å². The largest absolute Gasteiger partial charge is 0.390 e. The van der Waals surface area contributed by atoms with Gasteiger partial charge < -0.3 is 15.7 Å². The number of pyridine rings is 1. The number of carbonyl (C=O) groups excluding carboxylic acids is 1. The summed E-state index contributed by atoms with van der Waals surface area (Å²) in [4.78, 5) is 17.8. The molecule has 19 heavy (non-hydrogen) atoms. The summed E-state index contributed by atoms with van der Waals surface area (Å²) < 4.78 is 1.87. The number of fused-ring (bicyclic) bond motifs is 1. The van der Waals surface area contributed by atoms with E-state index in [1.807, 2.05) is 33.7 Å². The molecular weight excluding hydrogens is 244 g/mol. The zero-order valence-electron chi connectivity index (χ0n) is 10.5. The van der Waals surface area contributed by atoms with E-state index in [0.717, 1.165) is 30.1 Å². The van der Waals surface area contributed by atoms with Gasteiger partial charge in [0.25, 0.3) is 0 Å².